The zero-order valence-electron chi connectivity index (χ0n) is 25.2. The Morgan fingerprint density at radius 1 is 0.841 bits per heavy atom. The second-order valence-corrected chi connectivity index (χ2v) is 13.1. The SMILES string of the molecule is Cc1ccc(-c2c([N-]S(=O)(=O)c3ccc(C(C)(C)C)cc3)ncnc2OCCOc2ncc(-c3cccs3)cn2)cc1.O.[Na+]. The van der Waals surface area contributed by atoms with Crippen LogP contribution in [0.25, 0.3) is 26.3 Å². The van der Waals surface area contributed by atoms with Gasteiger partial charge >= 0.3 is 35.6 Å². The Morgan fingerprint density at radius 3 is 2.11 bits per heavy atom. The maximum atomic E-state index is 13.3. The molecule has 3 aromatic heterocycles. The summed E-state index contributed by atoms with van der Waals surface area (Å²) in [6.45, 7) is 8.41. The molecule has 5 rings (SSSR count). The van der Waals surface area contributed by atoms with Crippen molar-refractivity contribution in [3.05, 3.63) is 101 Å². The van der Waals surface area contributed by atoms with Crippen LogP contribution in [0.5, 0.6) is 11.9 Å². The minimum atomic E-state index is -4.07. The Hall–Kier alpha value is -3.39. The number of rotatable bonds is 10. The number of benzene rings is 2. The fourth-order valence-corrected chi connectivity index (χ4v) is 5.69. The Balaban J connectivity index is 0.00000264. The van der Waals surface area contributed by atoms with Gasteiger partial charge in [-0.1, -0.05) is 68.8 Å². The van der Waals surface area contributed by atoms with E-state index in [0.29, 0.717) is 11.1 Å². The van der Waals surface area contributed by atoms with E-state index in [1.54, 1.807) is 48.0 Å². The van der Waals surface area contributed by atoms with Gasteiger partial charge in [0.15, 0.2) is 0 Å². The van der Waals surface area contributed by atoms with Crippen LogP contribution >= 0.6 is 11.3 Å². The summed E-state index contributed by atoms with van der Waals surface area (Å²) >= 11 is 1.61. The molecule has 2 aromatic carbocycles. The fraction of sp³-hybridized carbons (Fsp3) is 0.226. The third-order valence-corrected chi connectivity index (χ3v) is 8.54. The summed E-state index contributed by atoms with van der Waals surface area (Å²) in [5.74, 6) is 0.167. The number of nitrogens with zero attached hydrogens (tertiary/aromatic N) is 5. The largest absolute Gasteiger partial charge is 1.00 e. The van der Waals surface area contributed by atoms with Gasteiger partial charge in [-0.2, -0.15) is 0 Å². The molecule has 0 fully saturated rings. The second kappa shape index (κ2) is 15.1. The molecule has 0 saturated heterocycles. The van der Waals surface area contributed by atoms with Crippen molar-refractivity contribution in [2.24, 2.45) is 0 Å². The average Bonchev–Trinajstić information content (AvgIpc) is 3.51. The van der Waals surface area contributed by atoms with Gasteiger partial charge in [0.25, 0.3) is 0 Å². The first kappa shape index (κ1) is 35.1. The Kier molecular flexibility index (Phi) is 12.0. The van der Waals surface area contributed by atoms with Crippen molar-refractivity contribution in [3.63, 3.8) is 0 Å². The molecule has 5 aromatic rings. The summed E-state index contributed by atoms with van der Waals surface area (Å²) < 4.78 is 42.4. The van der Waals surface area contributed by atoms with Crippen LogP contribution < -0.4 is 39.0 Å². The van der Waals surface area contributed by atoms with Crippen LogP contribution in [0.4, 0.5) is 5.82 Å². The molecule has 13 heteroatoms. The van der Waals surface area contributed by atoms with Crippen LogP contribution in [0.3, 0.4) is 0 Å². The summed E-state index contributed by atoms with van der Waals surface area (Å²) in [4.78, 5) is 18.2. The summed E-state index contributed by atoms with van der Waals surface area (Å²) in [6.07, 6.45) is 4.65. The third kappa shape index (κ3) is 8.62. The molecule has 0 radical (unpaired) electrons. The molecule has 44 heavy (non-hydrogen) atoms. The van der Waals surface area contributed by atoms with Crippen molar-refractivity contribution in [1.82, 2.24) is 19.9 Å². The molecule has 0 aliphatic heterocycles. The van der Waals surface area contributed by atoms with Crippen LogP contribution in [0, 0.1) is 6.92 Å². The predicted octanol–water partition coefficient (Wildman–Crippen LogP) is 3.30. The van der Waals surface area contributed by atoms with Crippen LogP contribution in [0.2, 0.25) is 0 Å². The maximum Gasteiger partial charge on any atom is 1.00 e. The summed E-state index contributed by atoms with van der Waals surface area (Å²) in [6, 6.07) is 18.5. The molecular weight excluding hydrogens is 609 g/mol. The molecule has 10 nitrogen and oxygen atoms in total. The smallest absolute Gasteiger partial charge is 0.474 e. The molecule has 0 aliphatic carbocycles. The molecule has 0 amide bonds. The number of aryl methyl sites for hydroxylation is 1. The Labute approximate surface area is 283 Å². The van der Waals surface area contributed by atoms with Crippen molar-refractivity contribution in [2.75, 3.05) is 13.2 Å². The van der Waals surface area contributed by atoms with Crippen LogP contribution in [0.1, 0.15) is 31.9 Å². The molecule has 0 spiro atoms. The van der Waals surface area contributed by atoms with Gasteiger partial charge in [0, 0.05) is 34.7 Å². The van der Waals surface area contributed by atoms with E-state index in [0.717, 1.165) is 21.6 Å². The minimum absolute atomic E-state index is 0. The van der Waals surface area contributed by atoms with Crippen molar-refractivity contribution in [1.29, 1.82) is 0 Å². The van der Waals surface area contributed by atoms with E-state index in [1.807, 2.05) is 48.7 Å². The summed E-state index contributed by atoms with van der Waals surface area (Å²) in [7, 11) is -4.07. The predicted molar refractivity (Wildman–Crippen MR) is 168 cm³/mol. The molecule has 0 saturated carbocycles. The monoisotopic (exact) mass is 641 g/mol. The Morgan fingerprint density at radius 2 is 1.50 bits per heavy atom. The quantitative estimate of drug-likeness (QED) is 0.167. The zero-order valence-corrected chi connectivity index (χ0v) is 28.8. The molecule has 3 heterocycles. The fourth-order valence-electron chi connectivity index (χ4n) is 4.04. The first-order valence-electron chi connectivity index (χ1n) is 13.2. The van der Waals surface area contributed by atoms with Crippen LogP contribution in [0.15, 0.2) is 89.7 Å². The van der Waals surface area contributed by atoms with E-state index in [-0.39, 0.29) is 76.3 Å². The van der Waals surface area contributed by atoms with Gasteiger partial charge in [-0.15, -0.1) is 11.3 Å². The number of hydrogen-bond acceptors (Lipinski definition) is 9. The molecule has 2 N–H and O–H groups in total. The number of sulfonamides is 1. The second-order valence-electron chi connectivity index (χ2n) is 10.5. The molecule has 0 bridgehead atoms. The zero-order chi connectivity index (χ0) is 29.7. The van der Waals surface area contributed by atoms with Crippen molar-refractivity contribution >= 4 is 27.2 Å². The van der Waals surface area contributed by atoms with Gasteiger partial charge in [-0.3, -0.25) is 0 Å². The minimum Gasteiger partial charge on any atom is -0.474 e. The van der Waals surface area contributed by atoms with Crippen LogP contribution in [-0.4, -0.2) is 47.0 Å². The molecule has 224 valence electrons. The van der Waals surface area contributed by atoms with Gasteiger partial charge in [-0.05, 0) is 52.9 Å². The van der Waals surface area contributed by atoms with E-state index in [2.05, 4.69) is 45.4 Å². The number of thiophene rings is 1. The van der Waals surface area contributed by atoms with Gasteiger partial charge in [0.05, 0.1) is 4.90 Å². The first-order chi connectivity index (χ1) is 20.1. The Bertz CT molecular complexity index is 1740. The first-order valence-corrected chi connectivity index (χ1v) is 15.5. The number of aromatic nitrogens is 4. The van der Waals surface area contributed by atoms with E-state index >= 15 is 0 Å². The topological polar surface area (TPSA) is 150 Å². The van der Waals surface area contributed by atoms with E-state index < -0.39 is 10.0 Å². The van der Waals surface area contributed by atoms with Gasteiger partial charge in [0.1, 0.15) is 13.2 Å². The standard InChI is InChI=1S/C31H30N5O4S2.Na.H2O/c1-21-7-9-22(10-8-21)27-28(36-42(37,38)25-13-11-24(12-14-25)31(2,3)4)34-20-35-29(27)39-15-16-40-30-32-18-23(19-33-30)26-6-5-17-41-26;;/h5-14,17-20H,15-16H2,1-4H3;;1H2/q-1;+1;. The third-order valence-electron chi connectivity index (χ3n) is 6.34. The average molecular weight is 642 g/mol. The summed E-state index contributed by atoms with van der Waals surface area (Å²) in [5.41, 5.74) is 3.90. The van der Waals surface area contributed by atoms with Crippen LogP contribution in [-0.2, 0) is 15.4 Å². The van der Waals surface area contributed by atoms with Gasteiger partial charge in [-0.25, -0.2) is 23.4 Å². The normalized spacial score (nSPS) is 11.2. The molecule has 0 aliphatic rings. The van der Waals surface area contributed by atoms with E-state index in [1.165, 1.54) is 6.33 Å². The number of hydrogen-bond donors (Lipinski definition) is 0. The maximum absolute atomic E-state index is 13.3. The molecule has 0 atom stereocenters. The van der Waals surface area contributed by atoms with Gasteiger partial charge in [0.2, 0.25) is 15.9 Å². The van der Waals surface area contributed by atoms with E-state index in [9.17, 15) is 8.42 Å². The van der Waals surface area contributed by atoms with Crippen molar-refractivity contribution < 1.29 is 52.9 Å². The van der Waals surface area contributed by atoms with Crippen molar-refractivity contribution in [2.45, 2.75) is 38.0 Å². The van der Waals surface area contributed by atoms with Gasteiger partial charge < -0.3 is 24.7 Å². The molecular formula is C31H32N5NaO5S2. The van der Waals surface area contributed by atoms with Crippen molar-refractivity contribution in [3.8, 4) is 33.5 Å². The summed E-state index contributed by atoms with van der Waals surface area (Å²) in [5, 5.41) is 1.99. The molecule has 0 unspecified atom stereocenters. The van der Waals surface area contributed by atoms with E-state index in [4.69, 9.17) is 9.47 Å². The number of ether oxygens (including phenoxy) is 2.